The van der Waals surface area contributed by atoms with E-state index in [0.29, 0.717) is 0 Å². The molecule has 12 aromatic rings. The Morgan fingerprint density at radius 1 is 0.283 bits per heavy atom. The van der Waals surface area contributed by atoms with Crippen molar-refractivity contribution in [1.82, 2.24) is 8.80 Å². The lowest BCUT2D eigenvalue weighted by atomic mass is 9.97. The van der Waals surface area contributed by atoms with Gasteiger partial charge in [-0.15, -0.1) is 0 Å². The zero-order valence-corrected chi connectivity index (χ0v) is 24.8. The van der Waals surface area contributed by atoms with Gasteiger partial charge in [0.15, 0.2) is 0 Å². The van der Waals surface area contributed by atoms with Gasteiger partial charge in [0.05, 0.1) is 33.1 Å². The van der Waals surface area contributed by atoms with Crippen molar-refractivity contribution in [3.63, 3.8) is 0 Å². The molecule has 0 unspecified atom stereocenters. The van der Waals surface area contributed by atoms with Gasteiger partial charge in [0, 0.05) is 43.1 Å². The highest BCUT2D eigenvalue weighted by atomic mass is 14.9. The van der Waals surface area contributed by atoms with E-state index in [2.05, 4.69) is 154 Å². The first kappa shape index (κ1) is 23.3. The monoisotopic (exact) mass is 580 g/mol. The third kappa shape index (κ3) is 2.63. The lowest BCUT2D eigenvalue weighted by Gasteiger charge is -2.06. The standard InChI is InChI=1S/C44H24N2/c1-3-10-29-25(8-1)16-21-40-41(29)33-14-7-13-31-34-22-26(17-19-38(34)46(40)43(31)33)27-18-20-39-35(23-27)36-24-28-9-2-4-11-30(28)42-32-12-5-6-15-37(32)45(39)44(36)42/h1-24H. The lowest BCUT2D eigenvalue weighted by Crippen LogP contribution is -1.84. The molecule has 0 aliphatic rings. The van der Waals surface area contributed by atoms with Gasteiger partial charge in [-0.3, -0.25) is 0 Å². The van der Waals surface area contributed by atoms with Crippen LogP contribution in [-0.4, -0.2) is 8.80 Å². The van der Waals surface area contributed by atoms with Gasteiger partial charge in [-0.25, -0.2) is 0 Å². The van der Waals surface area contributed by atoms with Crippen LogP contribution < -0.4 is 0 Å². The van der Waals surface area contributed by atoms with E-state index in [4.69, 9.17) is 0 Å². The minimum atomic E-state index is 1.25. The molecule has 0 aliphatic carbocycles. The Morgan fingerprint density at radius 3 is 1.65 bits per heavy atom. The van der Waals surface area contributed by atoms with Gasteiger partial charge in [-0.1, -0.05) is 103 Å². The predicted molar refractivity (Wildman–Crippen MR) is 196 cm³/mol. The van der Waals surface area contributed by atoms with Crippen LogP contribution in [0, 0.1) is 0 Å². The molecular weight excluding hydrogens is 556 g/mol. The Hall–Kier alpha value is -6.12. The van der Waals surface area contributed by atoms with Gasteiger partial charge in [0.25, 0.3) is 0 Å². The maximum Gasteiger partial charge on any atom is 0.0626 e. The maximum absolute atomic E-state index is 2.48. The van der Waals surface area contributed by atoms with Crippen LogP contribution in [0.15, 0.2) is 146 Å². The second-order valence-electron chi connectivity index (χ2n) is 12.9. The fraction of sp³-hybridized carbons (Fsp3) is 0. The van der Waals surface area contributed by atoms with E-state index in [0.717, 1.165) is 0 Å². The van der Waals surface area contributed by atoms with E-state index in [-0.39, 0.29) is 0 Å². The van der Waals surface area contributed by atoms with Gasteiger partial charge in [0.2, 0.25) is 0 Å². The Kier molecular flexibility index (Phi) is 4.01. The zero-order chi connectivity index (χ0) is 29.7. The van der Waals surface area contributed by atoms with Crippen LogP contribution in [0.25, 0.3) is 109 Å². The second-order valence-corrected chi connectivity index (χ2v) is 12.9. The first-order chi connectivity index (χ1) is 22.8. The van der Waals surface area contributed by atoms with E-state index < -0.39 is 0 Å². The summed E-state index contributed by atoms with van der Waals surface area (Å²) in [5, 5.41) is 15.8. The van der Waals surface area contributed by atoms with Crippen LogP contribution in [0.5, 0.6) is 0 Å². The van der Waals surface area contributed by atoms with Crippen molar-refractivity contribution in [2.45, 2.75) is 0 Å². The SMILES string of the molecule is c1ccc2c(c1)ccc1c2c2cccc3c4cc(-c5ccc6c(c5)c5cc7ccccc7c7c8ccccc8n6c57)ccc4n1c32. The van der Waals surface area contributed by atoms with Gasteiger partial charge in [-0.05, 0) is 75.1 Å². The minimum Gasteiger partial charge on any atom is -0.308 e. The summed E-state index contributed by atoms with van der Waals surface area (Å²) < 4.78 is 4.97. The first-order valence-electron chi connectivity index (χ1n) is 16.0. The van der Waals surface area contributed by atoms with Crippen molar-refractivity contribution in [2.75, 3.05) is 0 Å². The van der Waals surface area contributed by atoms with Crippen LogP contribution in [0.3, 0.4) is 0 Å². The van der Waals surface area contributed by atoms with E-state index in [9.17, 15) is 0 Å². The summed E-state index contributed by atoms with van der Waals surface area (Å²) in [6, 6.07) is 54.3. The number of benzene rings is 8. The third-order valence-corrected chi connectivity index (χ3v) is 10.7. The summed E-state index contributed by atoms with van der Waals surface area (Å²) in [6.07, 6.45) is 0. The van der Waals surface area contributed by atoms with Crippen molar-refractivity contribution in [1.29, 1.82) is 0 Å². The van der Waals surface area contributed by atoms with Crippen LogP contribution in [0.4, 0.5) is 0 Å². The van der Waals surface area contributed by atoms with Crippen molar-refractivity contribution >= 4 is 97.7 Å². The Balaban J connectivity index is 1.15. The van der Waals surface area contributed by atoms with E-state index >= 15 is 0 Å². The van der Waals surface area contributed by atoms with Gasteiger partial charge in [0.1, 0.15) is 0 Å². The molecule has 0 fully saturated rings. The molecule has 210 valence electrons. The molecule has 0 amide bonds. The molecule has 0 aliphatic heterocycles. The van der Waals surface area contributed by atoms with Crippen LogP contribution >= 0.6 is 0 Å². The van der Waals surface area contributed by atoms with Crippen molar-refractivity contribution in [2.24, 2.45) is 0 Å². The van der Waals surface area contributed by atoms with Gasteiger partial charge in [-0.2, -0.15) is 0 Å². The highest BCUT2D eigenvalue weighted by Gasteiger charge is 2.21. The summed E-state index contributed by atoms with van der Waals surface area (Å²) in [7, 11) is 0. The Bertz CT molecular complexity index is 3240. The number of nitrogens with zero attached hydrogens (tertiary/aromatic N) is 2. The molecule has 0 spiro atoms. The molecule has 0 saturated heterocycles. The molecule has 12 rings (SSSR count). The molecule has 2 nitrogen and oxygen atoms in total. The summed E-state index contributed by atoms with van der Waals surface area (Å²) in [4.78, 5) is 0. The van der Waals surface area contributed by atoms with E-state index in [1.807, 2.05) is 0 Å². The number of fused-ring (bicyclic) bond motifs is 16. The average molecular weight is 581 g/mol. The first-order valence-corrected chi connectivity index (χ1v) is 16.0. The predicted octanol–water partition coefficient (Wildman–Crippen LogP) is 12.0. The summed E-state index contributed by atoms with van der Waals surface area (Å²) in [6.45, 7) is 0. The molecule has 8 aromatic carbocycles. The van der Waals surface area contributed by atoms with Crippen LogP contribution in [0.1, 0.15) is 0 Å². The number of hydrogen-bond donors (Lipinski definition) is 0. The third-order valence-electron chi connectivity index (χ3n) is 10.7. The molecule has 0 radical (unpaired) electrons. The molecule has 2 heteroatoms. The molecule has 4 heterocycles. The van der Waals surface area contributed by atoms with Crippen molar-refractivity contribution in [3.05, 3.63) is 146 Å². The molecular formula is C44H24N2. The molecule has 46 heavy (non-hydrogen) atoms. The van der Waals surface area contributed by atoms with Gasteiger partial charge < -0.3 is 8.80 Å². The lowest BCUT2D eigenvalue weighted by molar-refractivity contribution is 1.37. The molecule has 0 N–H and O–H groups in total. The molecule has 0 saturated carbocycles. The topological polar surface area (TPSA) is 8.82 Å². The van der Waals surface area contributed by atoms with Crippen molar-refractivity contribution in [3.8, 4) is 11.1 Å². The Morgan fingerprint density at radius 2 is 0.848 bits per heavy atom. The highest BCUT2D eigenvalue weighted by Crippen LogP contribution is 2.45. The molecule has 0 atom stereocenters. The Labute approximate surface area is 262 Å². The highest BCUT2D eigenvalue weighted by molar-refractivity contribution is 6.32. The molecule has 4 aromatic heterocycles. The van der Waals surface area contributed by atoms with E-state index in [1.165, 1.54) is 109 Å². The minimum absolute atomic E-state index is 1.25. The smallest absolute Gasteiger partial charge is 0.0626 e. The van der Waals surface area contributed by atoms with E-state index in [1.54, 1.807) is 0 Å². The number of rotatable bonds is 1. The van der Waals surface area contributed by atoms with Crippen LogP contribution in [0.2, 0.25) is 0 Å². The normalized spacial score (nSPS) is 12.8. The number of aromatic nitrogens is 2. The molecule has 0 bridgehead atoms. The largest absolute Gasteiger partial charge is 0.308 e. The summed E-state index contributed by atoms with van der Waals surface area (Å²) in [5.74, 6) is 0. The van der Waals surface area contributed by atoms with Crippen LogP contribution in [-0.2, 0) is 0 Å². The number of para-hydroxylation sites is 2. The zero-order valence-electron chi connectivity index (χ0n) is 24.8. The van der Waals surface area contributed by atoms with Gasteiger partial charge >= 0.3 is 0 Å². The fourth-order valence-electron chi connectivity index (χ4n) is 8.85. The average Bonchev–Trinajstić information content (AvgIpc) is 3.84. The fourth-order valence-corrected chi connectivity index (χ4v) is 8.85. The van der Waals surface area contributed by atoms with Crippen molar-refractivity contribution < 1.29 is 0 Å². The summed E-state index contributed by atoms with van der Waals surface area (Å²) in [5.41, 5.74) is 10.2. The maximum atomic E-state index is 2.48. The summed E-state index contributed by atoms with van der Waals surface area (Å²) >= 11 is 0. The quantitative estimate of drug-likeness (QED) is 0.183. The number of hydrogen-bond acceptors (Lipinski definition) is 0. The second kappa shape index (κ2) is 7.93.